The van der Waals surface area contributed by atoms with Crippen LogP contribution in [0.3, 0.4) is 0 Å². The fraction of sp³-hybridized carbons (Fsp3) is 0.250. The Hall–Kier alpha value is -2.75. The maximum Gasteiger partial charge on any atom is 0.299 e. The van der Waals surface area contributed by atoms with Crippen LogP contribution in [0, 0.1) is 21.4 Å². The molecule has 7 nitrogen and oxygen atoms in total. The average molecular weight is 259 g/mol. The molecule has 2 rings (SSSR count). The highest BCUT2D eigenvalue weighted by atomic mass is 16.6. The Morgan fingerprint density at radius 2 is 2.11 bits per heavy atom. The number of nitrogens with zero attached hydrogens (tertiary/aromatic N) is 3. The summed E-state index contributed by atoms with van der Waals surface area (Å²) in [5.74, 6) is -1.44. The minimum atomic E-state index is -0.740. The highest BCUT2D eigenvalue weighted by molar-refractivity contribution is 6.52. The predicted molar refractivity (Wildman–Crippen MR) is 64.6 cm³/mol. The smallest absolute Gasteiger partial charge is 0.299 e. The number of hydrogen-bond acceptors (Lipinski definition) is 5. The van der Waals surface area contributed by atoms with E-state index in [-0.39, 0.29) is 24.2 Å². The SMILES string of the molecule is N#CCCCN1C(=O)C(=O)c2cc([N+](=O)[O-])ccc21. The van der Waals surface area contributed by atoms with Crippen molar-refractivity contribution in [3.05, 3.63) is 33.9 Å². The first-order valence-electron chi connectivity index (χ1n) is 5.58. The van der Waals surface area contributed by atoms with Crippen molar-refractivity contribution < 1.29 is 14.5 Å². The van der Waals surface area contributed by atoms with Crippen LogP contribution in [0.1, 0.15) is 23.2 Å². The summed E-state index contributed by atoms with van der Waals surface area (Å²) in [6, 6.07) is 5.71. The van der Waals surface area contributed by atoms with Gasteiger partial charge in [-0.1, -0.05) is 0 Å². The highest BCUT2D eigenvalue weighted by Crippen LogP contribution is 2.32. The van der Waals surface area contributed by atoms with Crippen LogP contribution in [-0.2, 0) is 4.79 Å². The number of nitro benzene ring substituents is 1. The number of fused-ring (bicyclic) bond motifs is 1. The molecule has 96 valence electrons. The molecule has 0 bridgehead atoms. The van der Waals surface area contributed by atoms with Gasteiger partial charge in [-0.25, -0.2) is 0 Å². The molecular weight excluding hydrogens is 250 g/mol. The maximum atomic E-state index is 11.8. The Labute approximate surface area is 108 Å². The zero-order valence-corrected chi connectivity index (χ0v) is 9.83. The number of hydrogen-bond donors (Lipinski definition) is 0. The molecule has 0 aromatic heterocycles. The van der Waals surface area contributed by atoms with Crippen molar-refractivity contribution in [2.75, 3.05) is 11.4 Å². The average Bonchev–Trinajstić information content (AvgIpc) is 2.63. The molecule has 0 radical (unpaired) electrons. The third-order valence-corrected chi connectivity index (χ3v) is 2.84. The molecule has 7 heteroatoms. The lowest BCUT2D eigenvalue weighted by atomic mass is 10.1. The summed E-state index contributed by atoms with van der Waals surface area (Å²) in [4.78, 5) is 34.8. The lowest BCUT2D eigenvalue weighted by Gasteiger charge is -2.15. The molecule has 0 saturated heterocycles. The summed E-state index contributed by atoms with van der Waals surface area (Å²) in [5, 5.41) is 19.1. The van der Waals surface area contributed by atoms with Crippen molar-refractivity contribution >= 4 is 23.1 Å². The molecule has 19 heavy (non-hydrogen) atoms. The molecule has 0 saturated carbocycles. The van der Waals surface area contributed by atoms with E-state index in [2.05, 4.69) is 0 Å². The highest BCUT2D eigenvalue weighted by Gasteiger charge is 2.36. The number of non-ortho nitro benzene ring substituents is 1. The van der Waals surface area contributed by atoms with E-state index in [0.717, 1.165) is 6.07 Å². The number of nitro groups is 1. The van der Waals surface area contributed by atoms with E-state index in [0.29, 0.717) is 12.1 Å². The largest absolute Gasteiger partial charge is 0.305 e. The van der Waals surface area contributed by atoms with Crippen LogP contribution < -0.4 is 4.90 Å². The van der Waals surface area contributed by atoms with E-state index >= 15 is 0 Å². The Morgan fingerprint density at radius 3 is 2.74 bits per heavy atom. The van der Waals surface area contributed by atoms with Gasteiger partial charge in [-0.3, -0.25) is 19.7 Å². The van der Waals surface area contributed by atoms with Gasteiger partial charge in [0.2, 0.25) is 0 Å². The number of nitriles is 1. The van der Waals surface area contributed by atoms with E-state index in [1.54, 1.807) is 0 Å². The molecule has 1 aliphatic rings. The Morgan fingerprint density at radius 1 is 1.37 bits per heavy atom. The molecule has 0 unspecified atom stereocenters. The van der Waals surface area contributed by atoms with E-state index in [9.17, 15) is 19.7 Å². The van der Waals surface area contributed by atoms with Crippen LogP contribution in [0.2, 0.25) is 0 Å². The number of carbonyl (C=O) groups is 2. The van der Waals surface area contributed by atoms with Crippen LogP contribution in [0.5, 0.6) is 0 Å². The number of carbonyl (C=O) groups excluding carboxylic acids is 2. The standard InChI is InChI=1S/C12H9N3O4/c13-5-1-2-6-14-10-4-3-8(15(18)19)7-9(10)11(16)12(14)17/h3-4,7H,1-2,6H2. The molecular formula is C12H9N3O4. The zero-order chi connectivity index (χ0) is 14.0. The summed E-state index contributed by atoms with van der Waals surface area (Å²) in [6.45, 7) is 0.253. The van der Waals surface area contributed by atoms with Gasteiger partial charge in [0.05, 0.1) is 22.2 Å². The lowest BCUT2D eigenvalue weighted by Crippen LogP contribution is -2.30. The molecule has 0 N–H and O–H groups in total. The van der Waals surface area contributed by atoms with Crippen LogP contribution in [0.4, 0.5) is 11.4 Å². The number of ketones is 1. The monoisotopic (exact) mass is 259 g/mol. The fourth-order valence-electron chi connectivity index (χ4n) is 1.94. The van der Waals surface area contributed by atoms with E-state index in [1.165, 1.54) is 17.0 Å². The first-order chi connectivity index (χ1) is 9.06. The van der Waals surface area contributed by atoms with Gasteiger partial charge < -0.3 is 4.90 Å². The van der Waals surface area contributed by atoms with Crippen molar-refractivity contribution in [2.24, 2.45) is 0 Å². The second-order valence-electron chi connectivity index (χ2n) is 4.01. The molecule has 1 amide bonds. The third-order valence-electron chi connectivity index (χ3n) is 2.84. The first-order valence-corrected chi connectivity index (χ1v) is 5.58. The van der Waals surface area contributed by atoms with Crippen molar-refractivity contribution in [2.45, 2.75) is 12.8 Å². The number of anilines is 1. The van der Waals surface area contributed by atoms with E-state index < -0.39 is 16.6 Å². The molecule has 1 aliphatic heterocycles. The van der Waals surface area contributed by atoms with Gasteiger partial charge in [0.1, 0.15) is 0 Å². The maximum absolute atomic E-state index is 11.8. The third kappa shape index (κ3) is 2.15. The predicted octanol–water partition coefficient (Wildman–Crippen LogP) is 1.43. The van der Waals surface area contributed by atoms with Gasteiger partial charge in [-0.2, -0.15) is 5.26 Å². The van der Waals surface area contributed by atoms with Crippen molar-refractivity contribution in [3.8, 4) is 6.07 Å². The minimum absolute atomic E-state index is 0.0520. The molecule has 0 atom stereocenters. The van der Waals surface area contributed by atoms with Crippen LogP contribution in [0.25, 0.3) is 0 Å². The van der Waals surface area contributed by atoms with Gasteiger partial charge in [0.25, 0.3) is 17.4 Å². The Kier molecular flexibility index (Phi) is 3.25. The first kappa shape index (κ1) is 12.7. The summed E-state index contributed by atoms with van der Waals surface area (Å²) in [7, 11) is 0. The second-order valence-corrected chi connectivity index (χ2v) is 4.01. The number of benzene rings is 1. The second kappa shape index (κ2) is 4.86. The summed E-state index contributed by atoms with van der Waals surface area (Å²) < 4.78 is 0. The van der Waals surface area contributed by atoms with Gasteiger partial charge in [0.15, 0.2) is 0 Å². The molecule has 0 spiro atoms. The van der Waals surface area contributed by atoms with Gasteiger partial charge in [0, 0.05) is 25.1 Å². The number of rotatable bonds is 4. The topological polar surface area (TPSA) is 104 Å². The minimum Gasteiger partial charge on any atom is -0.305 e. The van der Waals surface area contributed by atoms with Gasteiger partial charge in [-0.05, 0) is 12.5 Å². The van der Waals surface area contributed by atoms with Crippen molar-refractivity contribution in [3.63, 3.8) is 0 Å². The Bertz CT molecular complexity index is 618. The molecule has 1 heterocycles. The normalized spacial score (nSPS) is 13.3. The van der Waals surface area contributed by atoms with Crippen molar-refractivity contribution in [1.29, 1.82) is 5.26 Å². The van der Waals surface area contributed by atoms with Gasteiger partial charge >= 0.3 is 0 Å². The van der Waals surface area contributed by atoms with Crippen LogP contribution in [0.15, 0.2) is 18.2 Å². The zero-order valence-electron chi connectivity index (χ0n) is 9.83. The van der Waals surface area contributed by atoms with Crippen LogP contribution in [-0.4, -0.2) is 23.2 Å². The quantitative estimate of drug-likeness (QED) is 0.352. The summed E-state index contributed by atoms with van der Waals surface area (Å²) >= 11 is 0. The van der Waals surface area contributed by atoms with Crippen LogP contribution >= 0.6 is 0 Å². The molecule has 1 aromatic rings. The fourth-order valence-corrected chi connectivity index (χ4v) is 1.94. The number of unbranched alkanes of at least 4 members (excludes halogenated alkanes) is 1. The van der Waals surface area contributed by atoms with E-state index in [1.807, 2.05) is 6.07 Å². The molecule has 1 aromatic carbocycles. The molecule has 0 fully saturated rings. The number of amides is 1. The van der Waals surface area contributed by atoms with E-state index in [4.69, 9.17) is 5.26 Å². The van der Waals surface area contributed by atoms with Crippen molar-refractivity contribution in [1.82, 2.24) is 0 Å². The van der Waals surface area contributed by atoms with Gasteiger partial charge in [-0.15, -0.1) is 0 Å². The Balaban J connectivity index is 2.34. The summed E-state index contributed by atoms with van der Waals surface area (Å²) in [5.41, 5.74) is 0.202. The lowest BCUT2D eigenvalue weighted by molar-refractivity contribution is -0.384. The number of Topliss-reactive ketones (excluding diaryl/α,β-unsaturated/α-hetero) is 1. The summed E-state index contributed by atoms with van der Waals surface area (Å²) in [6.07, 6.45) is 0.728. The molecule has 0 aliphatic carbocycles.